The summed E-state index contributed by atoms with van der Waals surface area (Å²) in [7, 11) is 3.68. The number of nitriles is 1. The number of rotatable bonds is 4. The molecule has 5 nitrogen and oxygen atoms in total. The van der Waals surface area contributed by atoms with Crippen molar-refractivity contribution in [3.05, 3.63) is 52.3 Å². The van der Waals surface area contributed by atoms with Crippen LogP contribution in [0.5, 0.6) is 0 Å². The Bertz CT molecular complexity index is 800. The molecular weight excluding hydrogens is 314 g/mol. The van der Waals surface area contributed by atoms with Crippen LogP contribution in [-0.2, 0) is 4.79 Å². The van der Waals surface area contributed by atoms with Crippen molar-refractivity contribution in [2.75, 3.05) is 24.3 Å². The van der Waals surface area contributed by atoms with Gasteiger partial charge in [0.25, 0.3) is 5.91 Å². The molecule has 0 aliphatic heterocycles. The topological polar surface area (TPSA) is 69.3 Å². The quantitative estimate of drug-likeness (QED) is 0.683. The maximum atomic E-state index is 12.3. The Kier molecular flexibility index (Phi) is 5.09. The molecule has 0 fully saturated rings. The van der Waals surface area contributed by atoms with Gasteiger partial charge in [-0.05, 0) is 30.7 Å². The summed E-state index contributed by atoms with van der Waals surface area (Å²) in [5.74, 6) is 0.559. The third-order valence-electron chi connectivity index (χ3n) is 3.22. The monoisotopic (exact) mass is 329 g/mol. The lowest BCUT2D eigenvalue weighted by molar-refractivity contribution is -0.112. The molecule has 2 rings (SSSR count). The summed E-state index contributed by atoms with van der Waals surface area (Å²) in [6, 6.07) is 10.5. The number of hydrogen-bond acceptors (Lipinski definition) is 4. The van der Waals surface area contributed by atoms with Crippen molar-refractivity contribution >= 4 is 35.2 Å². The van der Waals surface area contributed by atoms with Crippen LogP contribution in [0.15, 0.2) is 40.3 Å². The van der Waals surface area contributed by atoms with E-state index in [1.807, 2.05) is 20.2 Å². The molecule has 0 atom stereocenters. The van der Waals surface area contributed by atoms with Gasteiger partial charge in [0, 0.05) is 36.9 Å². The summed E-state index contributed by atoms with van der Waals surface area (Å²) in [4.78, 5) is 14.0. The first kappa shape index (κ1) is 16.7. The van der Waals surface area contributed by atoms with Gasteiger partial charge in [-0.3, -0.25) is 4.79 Å². The lowest BCUT2D eigenvalue weighted by Crippen LogP contribution is -2.14. The van der Waals surface area contributed by atoms with Gasteiger partial charge in [-0.1, -0.05) is 17.7 Å². The van der Waals surface area contributed by atoms with Crippen LogP contribution in [0, 0.1) is 18.3 Å². The lowest BCUT2D eigenvalue weighted by Gasteiger charge is -2.08. The van der Waals surface area contributed by atoms with Gasteiger partial charge in [-0.25, -0.2) is 0 Å². The first-order valence-corrected chi connectivity index (χ1v) is 7.25. The van der Waals surface area contributed by atoms with Crippen molar-refractivity contribution in [2.45, 2.75) is 6.92 Å². The minimum atomic E-state index is -0.513. The summed E-state index contributed by atoms with van der Waals surface area (Å²) in [5.41, 5.74) is 1.26. The highest BCUT2D eigenvalue weighted by atomic mass is 35.5. The number of nitrogens with one attached hydrogen (secondary N) is 1. The third-order valence-corrected chi connectivity index (χ3v) is 3.63. The van der Waals surface area contributed by atoms with Crippen molar-refractivity contribution in [3.8, 4) is 6.07 Å². The molecule has 0 aliphatic rings. The number of anilines is 2. The molecule has 6 heteroatoms. The van der Waals surface area contributed by atoms with Gasteiger partial charge in [0.15, 0.2) is 5.88 Å². The fourth-order valence-corrected chi connectivity index (χ4v) is 2.06. The van der Waals surface area contributed by atoms with Crippen LogP contribution in [0.4, 0.5) is 11.6 Å². The van der Waals surface area contributed by atoms with E-state index in [-0.39, 0.29) is 5.57 Å². The van der Waals surface area contributed by atoms with E-state index in [4.69, 9.17) is 16.0 Å². The molecule has 118 valence electrons. The van der Waals surface area contributed by atoms with E-state index < -0.39 is 5.91 Å². The van der Waals surface area contributed by atoms with Crippen LogP contribution < -0.4 is 10.2 Å². The van der Waals surface area contributed by atoms with Gasteiger partial charge in [0.05, 0.1) is 0 Å². The second kappa shape index (κ2) is 7.03. The van der Waals surface area contributed by atoms with Crippen molar-refractivity contribution in [1.29, 1.82) is 5.26 Å². The lowest BCUT2D eigenvalue weighted by atomic mass is 10.1. The van der Waals surface area contributed by atoms with E-state index >= 15 is 0 Å². The fourth-order valence-electron chi connectivity index (χ4n) is 1.88. The molecular formula is C17H16ClN3O2. The van der Waals surface area contributed by atoms with E-state index in [0.717, 1.165) is 5.56 Å². The molecule has 1 N–H and O–H groups in total. The summed E-state index contributed by atoms with van der Waals surface area (Å²) >= 11 is 6.02. The first-order valence-electron chi connectivity index (χ1n) is 6.88. The van der Waals surface area contributed by atoms with Crippen LogP contribution >= 0.6 is 11.6 Å². The maximum absolute atomic E-state index is 12.3. The van der Waals surface area contributed by atoms with Gasteiger partial charge in [0.1, 0.15) is 17.4 Å². The van der Waals surface area contributed by atoms with Crippen LogP contribution in [0.2, 0.25) is 5.02 Å². The minimum Gasteiger partial charge on any atom is -0.441 e. The number of halogens is 1. The Hall–Kier alpha value is -2.71. The summed E-state index contributed by atoms with van der Waals surface area (Å²) < 4.78 is 5.52. The Balaban J connectivity index is 2.23. The predicted molar refractivity (Wildman–Crippen MR) is 91.4 cm³/mol. The molecule has 0 spiro atoms. The minimum absolute atomic E-state index is 0.0518. The van der Waals surface area contributed by atoms with Crippen LogP contribution in [0.3, 0.4) is 0 Å². The second-order valence-electron chi connectivity index (χ2n) is 5.11. The highest BCUT2D eigenvalue weighted by Crippen LogP contribution is 2.24. The van der Waals surface area contributed by atoms with E-state index in [1.54, 1.807) is 42.2 Å². The Labute approximate surface area is 139 Å². The fraction of sp³-hybridized carbons (Fsp3) is 0.176. The number of furan rings is 1. The molecule has 0 aliphatic carbocycles. The van der Waals surface area contributed by atoms with Crippen LogP contribution in [0.1, 0.15) is 11.3 Å². The molecule has 0 bridgehead atoms. The van der Waals surface area contributed by atoms with Crippen LogP contribution in [0.25, 0.3) is 6.08 Å². The highest BCUT2D eigenvalue weighted by Gasteiger charge is 2.13. The molecule has 0 saturated carbocycles. The van der Waals surface area contributed by atoms with E-state index in [0.29, 0.717) is 22.4 Å². The highest BCUT2D eigenvalue weighted by molar-refractivity contribution is 6.31. The van der Waals surface area contributed by atoms with Gasteiger partial charge < -0.3 is 14.6 Å². The summed E-state index contributed by atoms with van der Waals surface area (Å²) in [6.07, 6.45) is 1.40. The first-order chi connectivity index (χ1) is 10.9. The molecule has 1 aromatic heterocycles. The molecule has 2 aromatic rings. The summed E-state index contributed by atoms with van der Waals surface area (Å²) in [6.45, 7) is 1.80. The molecule has 1 aromatic carbocycles. The zero-order chi connectivity index (χ0) is 17.0. The van der Waals surface area contributed by atoms with E-state index in [2.05, 4.69) is 5.32 Å². The normalized spacial score (nSPS) is 11.0. The average Bonchev–Trinajstić information content (AvgIpc) is 2.98. The number of amides is 1. The molecule has 1 heterocycles. The predicted octanol–water partition coefficient (Wildman–Crippen LogP) is 3.85. The van der Waals surface area contributed by atoms with E-state index in [1.165, 1.54) is 6.08 Å². The van der Waals surface area contributed by atoms with Gasteiger partial charge >= 0.3 is 0 Å². The van der Waals surface area contributed by atoms with Crippen molar-refractivity contribution in [1.82, 2.24) is 0 Å². The molecule has 0 saturated heterocycles. The zero-order valence-corrected chi connectivity index (χ0v) is 13.8. The van der Waals surface area contributed by atoms with Gasteiger partial charge in [0.2, 0.25) is 0 Å². The van der Waals surface area contributed by atoms with Gasteiger partial charge in [-0.2, -0.15) is 5.26 Å². The SMILES string of the molecule is Cc1c(Cl)cccc1NC(=O)/C(C#N)=C\c1ccc(N(C)C)o1. The largest absolute Gasteiger partial charge is 0.441 e. The van der Waals surface area contributed by atoms with Crippen molar-refractivity contribution < 1.29 is 9.21 Å². The summed E-state index contributed by atoms with van der Waals surface area (Å²) in [5, 5.41) is 12.5. The number of benzene rings is 1. The number of nitrogens with zero attached hydrogens (tertiary/aromatic N) is 2. The Morgan fingerprint density at radius 2 is 2.09 bits per heavy atom. The Morgan fingerprint density at radius 1 is 1.35 bits per heavy atom. The molecule has 1 amide bonds. The number of carbonyl (C=O) groups is 1. The molecule has 0 unspecified atom stereocenters. The second-order valence-corrected chi connectivity index (χ2v) is 5.51. The average molecular weight is 330 g/mol. The van der Waals surface area contributed by atoms with Crippen LogP contribution in [-0.4, -0.2) is 20.0 Å². The number of hydrogen-bond donors (Lipinski definition) is 1. The Morgan fingerprint density at radius 3 is 2.70 bits per heavy atom. The molecule has 23 heavy (non-hydrogen) atoms. The van der Waals surface area contributed by atoms with E-state index in [9.17, 15) is 10.1 Å². The van der Waals surface area contributed by atoms with Gasteiger partial charge in [-0.15, -0.1) is 0 Å². The number of carbonyl (C=O) groups excluding carboxylic acids is 1. The third kappa shape index (κ3) is 3.93. The molecule has 0 radical (unpaired) electrons. The maximum Gasteiger partial charge on any atom is 0.266 e. The smallest absolute Gasteiger partial charge is 0.266 e. The van der Waals surface area contributed by atoms with Crippen molar-refractivity contribution in [2.24, 2.45) is 0 Å². The standard InChI is InChI=1S/C17H16ClN3O2/c1-11-14(18)5-4-6-15(11)20-17(22)12(10-19)9-13-7-8-16(23-13)21(2)3/h4-9H,1-3H3,(H,20,22)/b12-9-. The van der Waals surface area contributed by atoms with Crippen molar-refractivity contribution in [3.63, 3.8) is 0 Å². The zero-order valence-electron chi connectivity index (χ0n) is 13.1.